The molecular weight excluding hydrogens is 647 g/mol. The summed E-state index contributed by atoms with van der Waals surface area (Å²) in [5, 5.41) is 24.0. The number of H-pyrrole nitrogens is 1. The van der Waals surface area contributed by atoms with Crippen molar-refractivity contribution in [2.24, 2.45) is 7.05 Å². The Morgan fingerprint density at radius 2 is 1.94 bits per heavy atom. The molecule has 2 saturated heterocycles. The maximum atomic E-state index is 14.7. The van der Waals surface area contributed by atoms with Gasteiger partial charge in [0.2, 0.25) is 0 Å². The van der Waals surface area contributed by atoms with Gasteiger partial charge in [0, 0.05) is 50.9 Å². The largest absolute Gasteiger partial charge is 0.506 e. The van der Waals surface area contributed by atoms with E-state index in [1.54, 1.807) is 18.2 Å². The Morgan fingerprint density at radius 3 is 2.76 bits per heavy atom. The second-order valence-corrected chi connectivity index (χ2v) is 14.3. The van der Waals surface area contributed by atoms with Gasteiger partial charge in [-0.05, 0) is 80.3 Å². The zero-order valence-corrected chi connectivity index (χ0v) is 28.5. The number of halogens is 1. The number of imidazole rings is 1. The molecule has 4 heterocycles. The van der Waals surface area contributed by atoms with E-state index in [9.17, 15) is 24.2 Å². The first-order chi connectivity index (χ1) is 23.6. The number of likely N-dealkylation sites (tertiary alicyclic amines) is 1. The van der Waals surface area contributed by atoms with Crippen LogP contribution in [0.4, 0.5) is 4.39 Å². The molecule has 0 saturated carbocycles. The van der Waals surface area contributed by atoms with E-state index in [1.807, 2.05) is 47.7 Å². The summed E-state index contributed by atoms with van der Waals surface area (Å²) in [5.41, 5.74) is 4.75. The van der Waals surface area contributed by atoms with Crippen LogP contribution in [0.5, 0.6) is 5.75 Å². The number of nitrogens with one attached hydrogen (secondary N) is 2. The van der Waals surface area contributed by atoms with Crippen LogP contribution < -0.4 is 10.2 Å². The average molecular weight is 689 g/mol. The number of benzene rings is 3. The van der Waals surface area contributed by atoms with Gasteiger partial charge in [0.25, 0.3) is 5.91 Å². The molecule has 1 atom stereocenters. The lowest BCUT2D eigenvalue weighted by Gasteiger charge is -2.47. The Kier molecular flexibility index (Phi) is 9.29. The van der Waals surface area contributed by atoms with Crippen LogP contribution in [0.3, 0.4) is 0 Å². The van der Waals surface area contributed by atoms with E-state index in [-0.39, 0.29) is 34.5 Å². The molecule has 2 aromatic heterocycles. The number of aliphatic hydroxyl groups excluding tert-OH is 1. The number of fused-ring (bicyclic) bond motifs is 2. The van der Waals surface area contributed by atoms with Crippen molar-refractivity contribution in [3.63, 3.8) is 0 Å². The first-order valence-electron chi connectivity index (χ1n) is 16.7. The summed E-state index contributed by atoms with van der Waals surface area (Å²) in [6, 6.07) is 14.0. The molecule has 2 aliphatic rings. The number of phenols is 1. The van der Waals surface area contributed by atoms with Gasteiger partial charge in [0.05, 0.1) is 40.6 Å². The summed E-state index contributed by atoms with van der Waals surface area (Å²) in [7, 11) is 1.97. The van der Waals surface area contributed by atoms with Gasteiger partial charge in [-0.15, -0.1) is 0 Å². The number of phenolic OH excluding ortho intramolecular Hbond substituents is 1. The number of aromatic hydroxyl groups is 1. The molecule has 1 amide bonds. The smallest absolute Gasteiger partial charge is 0.305 e. The summed E-state index contributed by atoms with van der Waals surface area (Å²) in [5.74, 6) is 0.597. The highest BCUT2D eigenvalue weighted by atomic mass is 32.1. The summed E-state index contributed by atoms with van der Waals surface area (Å²) in [6.45, 7) is 6.52. The highest BCUT2D eigenvalue weighted by Gasteiger charge is 2.41. The SMILES string of the molecule is Cc1nc2cc(C(=O)N3CCOC4(CCN(Cc5cc(F)cc(CCNC[C@H](O)c6ccc(O)c7[nH]c(=O)sc67)c5)CC4)C3)ccc2n1C. The predicted molar refractivity (Wildman–Crippen MR) is 187 cm³/mol. The number of hydrogen-bond donors (Lipinski definition) is 4. The quantitative estimate of drug-likeness (QED) is 0.171. The molecule has 3 aromatic carbocycles. The van der Waals surface area contributed by atoms with Crippen LogP contribution >= 0.6 is 11.3 Å². The van der Waals surface area contributed by atoms with E-state index in [2.05, 4.69) is 20.2 Å². The van der Waals surface area contributed by atoms with E-state index in [1.165, 1.54) is 6.07 Å². The zero-order chi connectivity index (χ0) is 34.3. The van der Waals surface area contributed by atoms with Gasteiger partial charge in [-0.1, -0.05) is 23.5 Å². The van der Waals surface area contributed by atoms with Crippen molar-refractivity contribution in [2.45, 2.75) is 44.4 Å². The number of piperidine rings is 1. The standard InChI is InChI=1S/C36H41FN6O5S/c1-22-39-28-18-25(3-5-29(28)41(22)2)34(46)43-13-14-48-36(21-43)8-11-42(12-9-36)20-24-15-23(16-26(37)17-24)7-10-38-19-31(45)27-4-6-30(44)32-33(27)49-35(47)40-32/h3-6,15-18,31,38,44-45H,7-14,19-21H2,1-2H3,(H,40,47)/t31-/m0/s1. The fraction of sp³-hybridized carbons (Fsp3) is 0.417. The zero-order valence-electron chi connectivity index (χ0n) is 27.7. The molecule has 49 heavy (non-hydrogen) atoms. The van der Waals surface area contributed by atoms with Gasteiger partial charge in [-0.2, -0.15) is 0 Å². The average Bonchev–Trinajstić information content (AvgIpc) is 3.62. The van der Waals surface area contributed by atoms with Crippen molar-refractivity contribution in [3.05, 3.63) is 92.1 Å². The van der Waals surface area contributed by atoms with Gasteiger partial charge in [-0.3, -0.25) is 14.5 Å². The number of nitrogens with zero attached hydrogens (tertiary/aromatic N) is 4. The lowest BCUT2D eigenvalue weighted by atomic mass is 9.88. The molecule has 7 rings (SSSR count). The molecule has 1 spiro atoms. The van der Waals surface area contributed by atoms with Crippen molar-refractivity contribution in [2.75, 3.05) is 45.9 Å². The second-order valence-electron chi connectivity index (χ2n) is 13.3. The van der Waals surface area contributed by atoms with Crippen molar-refractivity contribution in [1.82, 2.24) is 29.7 Å². The van der Waals surface area contributed by atoms with Crippen molar-refractivity contribution in [3.8, 4) is 5.75 Å². The molecule has 0 unspecified atom stereocenters. The Bertz CT molecular complexity index is 2070. The molecule has 258 valence electrons. The minimum Gasteiger partial charge on any atom is -0.506 e. The number of hydrogen-bond acceptors (Lipinski definition) is 9. The van der Waals surface area contributed by atoms with Crippen LogP contribution in [0.15, 0.2) is 53.3 Å². The number of aromatic nitrogens is 3. The van der Waals surface area contributed by atoms with Gasteiger partial charge in [-0.25, -0.2) is 9.37 Å². The third-order valence-corrected chi connectivity index (χ3v) is 10.9. The second kappa shape index (κ2) is 13.6. The Morgan fingerprint density at radius 1 is 1.14 bits per heavy atom. The molecule has 2 fully saturated rings. The van der Waals surface area contributed by atoms with Crippen LogP contribution in [-0.4, -0.2) is 91.9 Å². The van der Waals surface area contributed by atoms with Gasteiger partial charge in [0.15, 0.2) is 0 Å². The van der Waals surface area contributed by atoms with E-state index >= 15 is 0 Å². The highest BCUT2D eigenvalue weighted by Crippen LogP contribution is 2.33. The van der Waals surface area contributed by atoms with Gasteiger partial charge >= 0.3 is 4.87 Å². The Hall–Kier alpha value is -4.14. The minimum atomic E-state index is -0.876. The number of rotatable bonds is 9. The van der Waals surface area contributed by atoms with E-state index < -0.39 is 6.10 Å². The molecule has 11 nitrogen and oxygen atoms in total. The Balaban J connectivity index is 0.909. The molecule has 13 heteroatoms. The lowest BCUT2D eigenvalue weighted by molar-refractivity contribution is -0.127. The number of amides is 1. The predicted octanol–water partition coefficient (Wildman–Crippen LogP) is 4.00. The molecule has 0 bridgehead atoms. The normalized spacial score (nSPS) is 17.3. The van der Waals surface area contributed by atoms with Crippen molar-refractivity contribution >= 4 is 38.5 Å². The number of aryl methyl sites for hydroxylation is 2. The number of carbonyl (C=O) groups excluding carboxylic acids is 1. The van der Waals surface area contributed by atoms with Crippen LogP contribution in [-0.2, 0) is 24.8 Å². The topological polar surface area (TPSA) is 136 Å². The first-order valence-corrected chi connectivity index (χ1v) is 17.5. The third-order valence-electron chi connectivity index (χ3n) is 9.95. The van der Waals surface area contributed by atoms with Crippen LogP contribution in [0, 0.1) is 12.7 Å². The molecule has 2 aliphatic heterocycles. The number of aliphatic hydroxyl groups is 1. The number of morpholine rings is 1. The van der Waals surface area contributed by atoms with Crippen LogP contribution in [0.2, 0.25) is 0 Å². The fourth-order valence-electron chi connectivity index (χ4n) is 7.17. The van der Waals surface area contributed by atoms with E-state index in [4.69, 9.17) is 4.74 Å². The first kappa shape index (κ1) is 33.4. The number of ether oxygens (including phenoxy) is 1. The summed E-state index contributed by atoms with van der Waals surface area (Å²) in [6.07, 6.45) is 1.28. The van der Waals surface area contributed by atoms with Crippen molar-refractivity contribution < 1.29 is 24.1 Å². The van der Waals surface area contributed by atoms with Crippen LogP contribution in [0.1, 0.15) is 51.8 Å². The number of carbonyl (C=O) groups is 1. The third kappa shape index (κ3) is 6.99. The number of aromatic amines is 1. The summed E-state index contributed by atoms with van der Waals surface area (Å²) in [4.78, 5) is 36.5. The van der Waals surface area contributed by atoms with Gasteiger partial charge in [0.1, 0.15) is 22.9 Å². The molecule has 0 aliphatic carbocycles. The van der Waals surface area contributed by atoms with E-state index in [0.29, 0.717) is 60.6 Å². The van der Waals surface area contributed by atoms with Crippen molar-refractivity contribution in [1.29, 1.82) is 0 Å². The molecular formula is C36H41FN6O5S. The maximum Gasteiger partial charge on any atom is 0.305 e. The molecule has 5 aromatic rings. The van der Waals surface area contributed by atoms with Crippen LogP contribution in [0.25, 0.3) is 21.3 Å². The molecule has 4 N–H and O–H groups in total. The maximum absolute atomic E-state index is 14.7. The summed E-state index contributed by atoms with van der Waals surface area (Å²) >= 11 is 0.953. The summed E-state index contributed by atoms with van der Waals surface area (Å²) < 4.78 is 23.6. The minimum absolute atomic E-state index is 0.00301. The highest BCUT2D eigenvalue weighted by molar-refractivity contribution is 7.16. The van der Waals surface area contributed by atoms with E-state index in [0.717, 1.165) is 65.3 Å². The fourth-order valence-corrected chi connectivity index (χ4v) is 8.09. The number of thiazole rings is 1. The van der Waals surface area contributed by atoms with Gasteiger partial charge < -0.3 is 34.7 Å². The Labute approximate surface area is 286 Å². The lowest BCUT2D eigenvalue weighted by Crippen LogP contribution is -2.57. The molecule has 0 radical (unpaired) electrons. The monoisotopic (exact) mass is 688 g/mol.